The average Bonchev–Trinajstić information content (AvgIpc) is 2.46. The molecule has 3 N–H and O–H groups in total. The smallest absolute Gasteiger partial charge is 0.253 e. The summed E-state index contributed by atoms with van der Waals surface area (Å²) in [6.45, 7) is 4.23. The van der Waals surface area contributed by atoms with E-state index in [9.17, 15) is 4.79 Å². The Morgan fingerprint density at radius 2 is 1.86 bits per heavy atom. The predicted octanol–water partition coefficient (Wildman–Crippen LogP) is 4.12. The molecule has 0 heterocycles. The van der Waals surface area contributed by atoms with Crippen LogP contribution in [0.4, 0.5) is 5.69 Å². The normalized spacial score (nSPS) is 12.3. The van der Waals surface area contributed by atoms with Gasteiger partial charge in [-0.2, -0.15) is 0 Å². The van der Waals surface area contributed by atoms with E-state index >= 15 is 0 Å². The number of unbranched alkanes of at least 4 members (excludes halogenated alkanes) is 2. The lowest BCUT2D eigenvalue weighted by molar-refractivity contribution is 0.0939. The summed E-state index contributed by atoms with van der Waals surface area (Å²) in [4.78, 5) is 12.4. The van der Waals surface area contributed by atoms with Gasteiger partial charge in [0.05, 0.1) is 5.56 Å². The zero-order valence-electron chi connectivity index (χ0n) is 12.9. The van der Waals surface area contributed by atoms with Gasteiger partial charge < -0.3 is 11.1 Å². The summed E-state index contributed by atoms with van der Waals surface area (Å²) < 4.78 is 0. The quantitative estimate of drug-likeness (QED) is 0.619. The van der Waals surface area contributed by atoms with Crippen LogP contribution in [0.1, 0.15) is 49.9 Å². The Bertz CT molecular complexity index is 622. The molecule has 0 aliphatic rings. The van der Waals surface area contributed by atoms with Crippen LogP contribution in [0, 0.1) is 0 Å². The van der Waals surface area contributed by atoms with E-state index in [-0.39, 0.29) is 11.9 Å². The number of rotatable bonds is 6. The van der Waals surface area contributed by atoms with Crippen molar-refractivity contribution in [1.29, 1.82) is 0 Å². The van der Waals surface area contributed by atoms with E-state index in [2.05, 4.69) is 12.2 Å². The lowest BCUT2D eigenvalue weighted by atomic mass is 10.0. The zero-order valence-corrected chi connectivity index (χ0v) is 12.9. The number of nitrogens with one attached hydrogen (secondary N) is 1. The van der Waals surface area contributed by atoms with Gasteiger partial charge in [-0.3, -0.25) is 4.79 Å². The largest absolute Gasteiger partial charge is 0.398 e. The van der Waals surface area contributed by atoms with Gasteiger partial charge in [-0.15, -0.1) is 0 Å². The van der Waals surface area contributed by atoms with Gasteiger partial charge in [0.2, 0.25) is 0 Å². The maximum Gasteiger partial charge on any atom is 0.253 e. The van der Waals surface area contributed by atoms with Crippen LogP contribution >= 0.6 is 0 Å². The second-order valence-corrected chi connectivity index (χ2v) is 5.66. The molecule has 0 aromatic heterocycles. The highest BCUT2D eigenvalue weighted by Gasteiger charge is 2.13. The highest BCUT2D eigenvalue weighted by molar-refractivity contribution is 6.04. The summed E-state index contributed by atoms with van der Waals surface area (Å²) in [6.07, 6.45) is 4.55. The first-order chi connectivity index (χ1) is 10.1. The maximum absolute atomic E-state index is 12.4. The number of nitrogens with two attached hydrogens (primary N) is 1. The van der Waals surface area contributed by atoms with Crippen LogP contribution in [0.25, 0.3) is 10.8 Å². The molecule has 0 fully saturated rings. The molecule has 3 nitrogen and oxygen atoms in total. The Morgan fingerprint density at radius 1 is 1.19 bits per heavy atom. The fraction of sp³-hybridized carbons (Fsp3) is 0.389. The molecule has 0 saturated heterocycles. The van der Waals surface area contributed by atoms with Crippen molar-refractivity contribution in [3.05, 3.63) is 42.0 Å². The lowest BCUT2D eigenvalue weighted by Gasteiger charge is -2.15. The first-order valence-corrected chi connectivity index (χ1v) is 7.71. The third kappa shape index (κ3) is 3.97. The van der Waals surface area contributed by atoms with Gasteiger partial charge >= 0.3 is 0 Å². The van der Waals surface area contributed by atoms with Crippen LogP contribution in [-0.2, 0) is 0 Å². The Kier molecular flexibility index (Phi) is 5.20. The predicted molar refractivity (Wildman–Crippen MR) is 89.4 cm³/mol. The van der Waals surface area contributed by atoms with Gasteiger partial charge in [0.1, 0.15) is 0 Å². The minimum atomic E-state index is -0.0812. The van der Waals surface area contributed by atoms with Gasteiger partial charge in [-0.25, -0.2) is 0 Å². The van der Waals surface area contributed by atoms with Crippen LogP contribution in [0.15, 0.2) is 36.4 Å². The molecule has 1 atom stereocenters. The molecule has 0 aliphatic carbocycles. The number of amides is 1. The number of anilines is 1. The molecule has 0 saturated carbocycles. The first-order valence-electron chi connectivity index (χ1n) is 7.71. The second kappa shape index (κ2) is 7.11. The zero-order chi connectivity index (χ0) is 15.2. The van der Waals surface area contributed by atoms with Crippen LogP contribution in [0.3, 0.4) is 0 Å². The highest BCUT2D eigenvalue weighted by atomic mass is 16.1. The van der Waals surface area contributed by atoms with E-state index < -0.39 is 0 Å². The number of nitrogen functional groups attached to an aromatic ring is 1. The lowest BCUT2D eigenvalue weighted by Crippen LogP contribution is -2.32. The number of carbonyl (C=O) groups excluding carboxylic acids is 1. The van der Waals surface area contributed by atoms with Crippen molar-refractivity contribution in [3.63, 3.8) is 0 Å². The van der Waals surface area contributed by atoms with Gasteiger partial charge in [0, 0.05) is 11.7 Å². The number of carbonyl (C=O) groups is 1. The second-order valence-electron chi connectivity index (χ2n) is 5.66. The molecular formula is C18H24N2O. The van der Waals surface area contributed by atoms with Crippen molar-refractivity contribution in [1.82, 2.24) is 5.32 Å². The molecule has 21 heavy (non-hydrogen) atoms. The van der Waals surface area contributed by atoms with Gasteiger partial charge in [-0.1, -0.05) is 50.5 Å². The standard InChI is InChI=1S/C18H24N2O/c1-3-4-5-8-13(2)20-18(21)16-11-14-9-6-7-10-15(14)12-17(16)19/h6-7,9-13H,3-5,8,19H2,1-2H3,(H,20,21). The minimum absolute atomic E-state index is 0.0812. The molecule has 1 amide bonds. The first kappa shape index (κ1) is 15.4. The van der Waals surface area contributed by atoms with Gasteiger partial charge in [0.15, 0.2) is 0 Å². The van der Waals surface area contributed by atoms with E-state index in [1.54, 1.807) is 0 Å². The molecule has 0 aliphatic heterocycles. The minimum Gasteiger partial charge on any atom is -0.398 e. The van der Waals surface area contributed by atoms with Crippen LogP contribution < -0.4 is 11.1 Å². The molecular weight excluding hydrogens is 260 g/mol. The Balaban J connectivity index is 2.10. The van der Waals surface area contributed by atoms with Crippen molar-refractivity contribution in [2.75, 3.05) is 5.73 Å². The monoisotopic (exact) mass is 284 g/mol. The van der Waals surface area contributed by atoms with E-state index in [0.717, 1.165) is 23.6 Å². The number of benzene rings is 2. The number of hydrogen-bond donors (Lipinski definition) is 2. The topological polar surface area (TPSA) is 55.1 Å². The average molecular weight is 284 g/mol. The Morgan fingerprint density at radius 3 is 2.52 bits per heavy atom. The Labute approximate surface area is 126 Å². The van der Waals surface area contributed by atoms with Crippen molar-refractivity contribution in [3.8, 4) is 0 Å². The molecule has 2 aromatic carbocycles. The summed E-state index contributed by atoms with van der Waals surface area (Å²) in [5.74, 6) is -0.0812. The van der Waals surface area contributed by atoms with Crippen molar-refractivity contribution in [2.45, 2.75) is 45.6 Å². The number of hydrogen-bond acceptors (Lipinski definition) is 2. The summed E-state index contributed by atoms with van der Waals surface area (Å²) in [6, 6.07) is 11.8. The van der Waals surface area contributed by atoms with Crippen LogP contribution in [0.5, 0.6) is 0 Å². The van der Waals surface area contributed by atoms with E-state index in [0.29, 0.717) is 11.3 Å². The molecule has 0 spiro atoms. The summed E-state index contributed by atoms with van der Waals surface area (Å²) >= 11 is 0. The van der Waals surface area contributed by atoms with Crippen molar-refractivity contribution < 1.29 is 4.79 Å². The van der Waals surface area contributed by atoms with E-state index in [1.807, 2.05) is 43.3 Å². The van der Waals surface area contributed by atoms with Crippen LogP contribution in [0.2, 0.25) is 0 Å². The number of fused-ring (bicyclic) bond motifs is 1. The summed E-state index contributed by atoms with van der Waals surface area (Å²) in [7, 11) is 0. The third-order valence-electron chi connectivity index (χ3n) is 3.78. The van der Waals surface area contributed by atoms with E-state index in [4.69, 9.17) is 5.73 Å². The fourth-order valence-corrected chi connectivity index (χ4v) is 2.53. The molecule has 0 radical (unpaired) electrons. The Hall–Kier alpha value is -2.03. The summed E-state index contributed by atoms with van der Waals surface area (Å²) in [5, 5.41) is 5.14. The third-order valence-corrected chi connectivity index (χ3v) is 3.78. The highest BCUT2D eigenvalue weighted by Crippen LogP contribution is 2.22. The molecule has 0 bridgehead atoms. The molecule has 3 heteroatoms. The SMILES string of the molecule is CCCCCC(C)NC(=O)c1cc2ccccc2cc1N. The van der Waals surface area contributed by atoms with Gasteiger partial charge in [-0.05, 0) is 36.2 Å². The van der Waals surface area contributed by atoms with Crippen LogP contribution in [-0.4, -0.2) is 11.9 Å². The van der Waals surface area contributed by atoms with E-state index in [1.165, 1.54) is 12.8 Å². The molecule has 2 rings (SSSR count). The molecule has 112 valence electrons. The molecule has 1 unspecified atom stereocenters. The maximum atomic E-state index is 12.4. The summed E-state index contributed by atoms with van der Waals surface area (Å²) in [5.41, 5.74) is 7.12. The fourth-order valence-electron chi connectivity index (χ4n) is 2.53. The van der Waals surface area contributed by atoms with Crippen molar-refractivity contribution >= 4 is 22.4 Å². The van der Waals surface area contributed by atoms with Crippen molar-refractivity contribution in [2.24, 2.45) is 0 Å². The molecule has 2 aromatic rings. The van der Waals surface area contributed by atoms with Gasteiger partial charge in [0.25, 0.3) is 5.91 Å².